The van der Waals surface area contributed by atoms with E-state index in [1.54, 1.807) is 21.0 Å². The lowest BCUT2D eigenvalue weighted by Crippen LogP contribution is -2.44. The third kappa shape index (κ3) is 2.31. The van der Waals surface area contributed by atoms with Crippen LogP contribution in [0.15, 0.2) is 18.2 Å². The van der Waals surface area contributed by atoms with Crippen LogP contribution in [0, 0.1) is 5.92 Å². The van der Waals surface area contributed by atoms with Crippen LogP contribution in [-0.2, 0) is 12.8 Å². The average Bonchev–Trinajstić information content (AvgIpc) is 2.25. The zero-order chi connectivity index (χ0) is 12.6. The Kier molecular flexibility index (Phi) is 3.15. The Labute approximate surface area is 102 Å². The van der Waals surface area contributed by atoms with Crippen LogP contribution in [0.4, 0.5) is 0 Å². The van der Waals surface area contributed by atoms with Crippen molar-refractivity contribution in [1.82, 2.24) is 0 Å². The fourth-order valence-electron chi connectivity index (χ4n) is 2.67. The average molecular weight is 236 g/mol. The van der Waals surface area contributed by atoms with Crippen molar-refractivity contribution in [3.05, 3.63) is 29.3 Å². The van der Waals surface area contributed by atoms with Gasteiger partial charge in [-0.3, -0.25) is 0 Å². The molecule has 0 aromatic heterocycles. The number of aliphatic hydroxyl groups excluding tert-OH is 1. The number of rotatable bonds is 2. The van der Waals surface area contributed by atoms with Gasteiger partial charge in [0.25, 0.3) is 0 Å². The molecule has 0 fully saturated rings. The molecule has 0 saturated heterocycles. The quantitative estimate of drug-likeness (QED) is 0.819. The molecular weight excluding hydrogens is 216 g/mol. The second-order valence-electron chi connectivity index (χ2n) is 5.33. The molecule has 2 atom stereocenters. The van der Waals surface area contributed by atoms with Gasteiger partial charge in [-0.15, -0.1) is 0 Å². The summed E-state index contributed by atoms with van der Waals surface area (Å²) in [4.78, 5) is 0. The molecule has 1 aromatic rings. The molecule has 0 heterocycles. The summed E-state index contributed by atoms with van der Waals surface area (Å²) >= 11 is 0. The fraction of sp³-hybridized carbons (Fsp3) is 0.571. The zero-order valence-electron chi connectivity index (χ0n) is 10.6. The van der Waals surface area contributed by atoms with Gasteiger partial charge in [0.05, 0.1) is 18.8 Å². The number of aliphatic hydroxyl groups is 2. The number of fused-ring (bicyclic) bond motifs is 1. The summed E-state index contributed by atoms with van der Waals surface area (Å²) in [5.74, 6) is 0.704. The Morgan fingerprint density at radius 1 is 1.29 bits per heavy atom. The highest BCUT2D eigenvalue weighted by atomic mass is 16.5. The molecule has 0 aliphatic heterocycles. The van der Waals surface area contributed by atoms with Gasteiger partial charge in [-0.05, 0) is 43.9 Å². The maximum Gasteiger partial charge on any atom is 0.122 e. The van der Waals surface area contributed by atoms with Crippen LogP contribution in [0.1, 0.15) is 25.0 Å². The van der Waals surface area contributed by atoms with Gasteiger partial charge < -0.3 is 14.9 Å². The van der Waals surface area contributed by atoms with Crippen LogP contribution in [0.2, 0.25) is 0 Å². The van der Waals surface area contributed by atoms with E-state index in [0.29, 0.717) is 12.8 Å². The first-order valence-electron chi connectivity index (χ1n) is 5.98. The van der Waals surface area contributed by atoms with Gasteiger partial charge >= 0.3 is 0 Å². The van der Waals surface area contributed by atoms with E-state index in [1.807, 2.05) is 18.2 Å². The molecule has 94 valence electrons. The van der Waals surface area contributed by atoms with Crippen LogP contribution < -0.4 is 4.74 Å². The second-order valence-corrected chi connectivity index (χ2v) is 5.33. The Morgan fingerprint density at radius 3 is 2.59 bits per heavy atom. The largest absolute Gasteiger partial charge is 0.496 e. The van der Waals surface area contributed by atoms with E-state index in [-0.39, 0.29) is 5.92 Å². The summed E-state index contributed by atoms with van der Waals surface area (Å²) in [7, 11) is 1.65. The summed E-state index contributed by atoms with van der Waals surface area (Å²) in [5.41, 5.74) is 1.36. The van der Waals surface area contributed by atoms with E-state index in [2.05, 4.69) is 0 Å². The number of benzene rings is 1. The van der Waals surface area contributed by atoms with Crippen molar-refractivity contribution in [2.24, 2.45) is 5.92 Å². The van der Waals surface area contributed by atoms with Crippen LogP contribution in [0.5, 0.6) is 5.75 Å². The molecule has 0 amide bonds. The normalized spacial score (nSPS) is 24.3. The standard InChI is InChI=1S/C14H20O3/c1-14(2,16)11-8-10-9(7-12(11)15)5-4-6-13(10)17-3/h4-6,11-12,15-16H,7-8H2,1-3H3. The van der Waals surface area contributed by atoms with E-state index >= 15 is 0 Å². The number of ether oxygens (including phenoxy) is 1. The number of methoxy groups -OCH3 is 1. The molecular formula is C14H20O3. The molecule has 1 aliphatic rings. The zero-order valence-corrected chi connectivity index (χ0v) is 10.6. The Balaban J connectivity index is 2.38. The first-order chi connectivity index (χ1) is 7.93. The van der Waals surface area contributed by atoms with Gasteiger partial charge in [-0.2, -0.15) is 0 Å². The highest BCUT2D eigenvalue weighted by Gasteiger charge is 2.37. The highest BCUT2D eigenvalue weighted by molar-refractivity contribution is 5.43. The smallest absolute Gasteiger partial charge is 0.122 e. The van der Waals surface area contributed by atoms with Crippen LogP contribution in [0.3, 0.4) is 0 Å². The van der Waals surface area contributed by atoms with Gasteiger partial charge in [0.15, 0.2) is 0 Å². The molecule has 0 bridgehead atoms. The van der Waals surface area contributed by atoms with Crippen molar-refractivity contribution in [1.29, 1.82) is 0 Å². The molecule has 2 rings (SSSR count). The topological polar surface area (TPSA) is 49.7 Å². The van der Waals surface area contributed by atoms with Crippen molar-refractivity contribution >= 4 is 0 Å². The van der Waals surface area contributed by atoms with E-state index in [9.17, 15) is 10.2 Å². The van der Waals surface area contributed by atoms with Gasteiger partial charge in [-0.1, -0.05) is 12.1 Å². The van der Waals surface area contributed by atoms with E-state index in [1.165, 1.54) is 0 Å². The first kappa shape index (κ1) is 12.4. The Bertz CT molecular complexity index is 406. The predicted octanol–water partition coefficient (Wildman–Crippen LogP) is 1.54. The minimum atomic E-state index is -0.877. The fourth-order valence-corrected chi connectivity index (χ4v) is 2.67. The summed E-state index contributed by atoms with van der Waals surface area (Å²) < 4.78 is 5.35. The van der Waals surface area contributed by atoms with Crippen molar-refractivity contribution in [3.8, 4) is 5.75 Å². The second kappa shape index (κ2) is 4.31. The van der Waals surface area contributed by atoms with E-state index in [0.717, 1.165) is 16.9 Å². The van der Waals surface area contributed by atoms with Crippen LogP contribution in [0.25, 0.3) is 0 Å². The maximum atomic E-state index is 10.1. The molecule has 2 unspecified atom stereocenters. The maximum absolute atomic E-state index is 10.1. The molecule has 17 heavy (non-hydrogen) atoms. The van der Waals surface area contributed by atoms with E-state index in [4.69, 9.17) is 4.74 Å². The number of hydrogen-bond acceptors (Lipinski definition) is 3. The van der Waals surface area contributed by atoms with Gasteiger partial charge in [-0.25, -0.2) is 0 Å². The molecule has 2 N–H and O–H groups in total. The Hall–Kier alpha value is -1.06. The third-order valence-corrected chi connectivity index (χ3v) is 3.67. The molecule has 3 nitrogen and oxygen atoms in total. The summed E-state index contributed by atoms with van der Waals surface area (Å²) in [6, 6.07) is 5.88. The summed E-state index contributed by atoms with van der Waals surface area (Å²) in [6.07, 6.45) is 0.750. The molecule has 0 saturated carbocycles. The van der Waals surface area contributed by atoms with Crippen LogP contribution in [-0.4, -0.2) is 29.0 Å². The Morgan fingerprint density at radius 2 is 2.00 bits per heavy atom. The molecule has 3 heteroatoms. The van der Waals surface area contributed by atoms with Gasteiger partial charge in [0.1, 0.15) is 5.75 Å². The minimum Gasteiger partial charge on any atom is -0.496 e. The van der Waals surface area contributed by atoms with Gasteiger partial charge in [0.2, 0.25) is 0 Å². The van der Waals surface area contributed by atoms with E-state index < -0.39 is 11.7 Å². The third-order valence-electron chi connectivity index (χ3n) is 3.67. The SMILES string of the molecule is COc1cccc2c1CC(C(C)(C)O)C(O)C2. The van der Waals surface area contributed by atoms with Crippen molar-refractivity contribution < 1.29 is 14.9 Å². The summed E-state index contributed by atoms with van der Waals surface area (Å²) in [5, 5.41) is 20.2. The minimum absolute atomic E-state index is 0.147. The van der Waals surface area contributed by atoms with Crippen molar-refractivity contribution in [2.45, 2.75) is 38.4 Å². The molecule has 1 aliphatic carbocycles. The monoisotopic (exact) mass is 236 g/mol. The summed E-state index contributed by atoms with van der Waals surface area (Å²) in [6.45, 7) is 3.50. The van der Waals surface area contributed by atoms with Crippen LogP contribution >= 0.6 is 0 Å². The van der Waals surface area contributed by atoms with Gasteiger partial charge in [0, 0.05) is 5.92 Å². The molecule has 1 aromatic carbocycles. The predicted molar refractivity (Wildman–Crippen MR) is 66.2 cm³/mol. The molecule has 0 radical (unpaired) electrons. The molecule has 0 spiro atoms. The highest BCUT2D eigenvalue weighted by Crippen LogP contribution is 2.36. The lowest BCUT2D eigenvalue weighted by Gasteiger charge is -2.37. The first-order valence-corrected chi connectivity index (χ1v) is 5.98. The van der Waals surface area contributed by atoms with Crippen molar-refractivity contribution in [3.63, 3.8) is 0 Å². The lowest BCUT2D eigenvalue weighted by molar-refractivity contribution is -0.0501. The number of hydrogen-bond donors (Lipinski definition) is 2. The lowest BCUT2D eigenvalue weighted by atomic mass is 9.74. The van der Waals surface area contributed by atoms with Crippen molar-refractivity contribution in [2.75, 3.05) is 7.11 Å².